The van der Waals surface area contributed by atoms with E-state index in [0.29, 0.717) is 23.8 Å². The van der Waals surface area contributed by atoms with E-state index in [-0.39, 0.29) is 5.82 Å². The molecule has 0 saturated heterocycles. The topological polar surface area (TPSA) is 47.0 Å². The second-order valence-corrected chi connectivity index (χ2v) is 5.38. The number of aryl methyl sites for hydroxylation is 1. The number of anilines is 1. The number of halogens is 2. The molecule has 0 atom stereocenters. The van der Waals surface area contributed by atoms with Crippen molar-refractivity contribution in [3.05, 3.63) is 39.7 Å². The van der Waals surface area contributed by atoms with Crippen LogP contribution in [0.1, 0.15) is 18.2 Å². The Kier molecular flexibility index (Phi) is 5.25. The van der Waals surface area contributed by atoms with Crippen LogP contribution in [0.4, 0.5) is 10.2 Å². The zero-order valence-electron chi connectivity index (χ0n) is 12.2. The smallest absolute Gasteiger partial charge is 0.161 e. The third kappa shape index (κ3) is 3.57. The lowest BCUT2D eigenvalue weighted by molar-refractivity contribution is 0.181. The van der Waals surface area contributed by atoms with E-state index in [2.05, 4.69) is 31.2 Å². The van der Waals surface area contributed by atoms with Crippen molar-refractivity contribution in [3.63, 3.8) is 0 Å². The Hall–Kier alpha value is -1.53. The fourth-order valence-corrected chi connectivity index (χ4v) is 2.36. The Labute approximate surface area is 131 Å². The highest BCUT2D eigenvalue weighted by Gasteiger charge is 2.13. The molecule has 6 heteroatoms. The van der Waals surface area contributed by atoms with Crippen molar-refractivity contribution in [1.82, 2.24) is 9.97 Å². The molecule has 0 aliphatic heterocycles. The summed E-state index contributed by atoms with van der Waals surface area (Å²) in [5.74, 6) is 1.01. The van der Waals surface area contributed by atoms with Gasteiger partial charge in [0.2, 0.25) is 0 Å². The monoisotopic (exact) mass is 353 g/mol. The molecule has 112 valence electrons. The van der Waals surface area contributed by atoms with Crippen molar-refractivity contribution in [2.45, 2.75) is 20.5 Å². The number of nitrogens with one attached hydrogen (secondary N) is 1. The highest BCUT2D eigenvalue weighted by atomic mass is 79.9. The second-order valence-electron chi connectivity index (χ2n) is 4.58. The van der Waals surface area contributed by atoms with Crippen molar-refractivity contribution < 1.29 is 9.13 Å². The summed E-state index contributed by atoms with van der Waals surface area (Å²) < 4.78 is 19.4. The second kappa shape index (κ2) is 6.95. The van der Waals surface area contributed by atoms with Crippen LogP contribution < -0.4 is 5.32 Å². The number of nitrogens with zero attached hydrogens (tertiary/aromatic N) is 2. The van der Waals surface area contributed by atoms with Crippen LogP contribution >= 0.6 is 15.9 Å². The van der Waals surface area contributed by atoms with E-state index >= 15 is 0 Å². The Morgan fingerprint density at radius 1 is 1.33 bits per heavy atom. The molecule has 0 saturated carbocycles. The number of methoxy groups -OCH3 is 1. The minimum absolute atomic E-state index is 0.236. The third-order valence-corrected chi connectivity index (χ3v) is 3.79. The predicted octanol–water partition coefficient (Wildman–Crippen LogP) is 3.93. The summed E-state index contributed by atoms with van der Waals surface area (Å²) in [7, 11) is 1.61. The van der Waals surface area contributed by atoms with Gasteiger partial charge in [0.25, 0.3) is 0 Å². The lowest BCUT2D eigenvalue weighted by Gasteiger charge is -2.12. The number of hydrogen-bond acceptors (Lipinski definition) is 4. The summed E-state index contributed by atoms with van der Waals surface area (Å²) in [6.45, 7) is 4.82. The van der Waals surface area contributed by atoms with Crippen LogP contribution in [0, 0.1) is 12.7 Å². The summed E-state index contributed by atoms with van der Waals surface area (Å²) in [5.41, 5.74) is 2.09. The predicted molar refractivity (Wildman–Crippen MR) is 84.7 cm³/mol. The summed E-state index contributed by atoms with van der Waals surface area (Å²) in [6, 6.07) is 4.85. The zero-order chi connectivity index (χ0) is 15.4. The number of ether oxygens (including phenoxy) is 1. The molecular formula is C15H17BrFN3O. The lowest BCUT2D eigenvalue weighted by Crippen LogP contribution is -2.07. The van der Waals surface area contributed by atoms with Gasteiger partial charge < -0.3 is 10.1 Å². The van der Waals surface area contributed by atoms with Gasteiger partial charge in [-0.3, -0.25) is 0 Å². The van der Waals surface area contributed by atoms with Gasteiger partial charge in [-0.05, 0) is 53.5 Å². The molecule has 0 aliphatic carbocycles. The summed E-state index contributed by atoms with van der Waals surface area (Å²) in [5, 5.41) is 3.18. The number of aromatic nitrogens is 2. The summed E-state index contributed by atoms with van der Waals surface area (Å²) in [6.07, 6.45) is 0. The molecule has 2 aromatic rings. The first-order chi connectivity index (χ1) is 10.1. The molecular weight excluding hydrogens is 337 g/mol. The molecule has 0 radical (unpaired) electrons. The lowest BCUT2D eigenvalue weighted by atomic mass is 10.1. The summed E-state index contributed by atoms with van der Waals surface area (Å²) >= 11 is 3.49. The minimum Gasteiger partial charge on any atom is -0.378 e. The maximum Gasteiger partial charge on any atom is 0.161 e. The maximum atomic E-state index is 13.4. The molecule has 0 spiro atoms. The van der Waals surface area contributed by atoms with Gasteiger partial charge in [-0.15, -0.1) is 0 Å². The first-order valence-corrected chi connectivity index (χ1v) is 7.41. The molecule has 1 heterocycles. The molecule has 2 rings (SSSR count). The van der Waals surface area contributed by atoms with Gasteiger partial charge in [-0.2, -0.15) is 0 Å². The van der Waals surface area contributed by atoms with Gasteiger partial charge in [-0.25, -0.2) is 14.4 Å². The molecule has 0 bridgehead atoms. The Balaban J connectivity index is 2.53. The SMILES string of the molecule is CCNc1nc(-c2ccc(F)c(C)c2)nc(COC)c1Br. The molecule has 0 unspecified atom stereocenters. The van der Waals surface area contributed by atoms with E-state index < -0.39 is 0 Å². The molecule has 1 aromatic heterocycles. The first kappa shape index (κ1) is 15.9. The Morgan fingerprint density at radius 3 is 2.71 bits per heavy atom. The molecule has 0 amide bonds. The van der Waals surface area contributed by atoms with E-state index in [9.17, 15) is 4.39 Å². The van der Waals surface area contributed by atoms with E-state index in [1.54, 1.807) is 26.2 Å². The van der Waals surface area contributed by atoms with Crippen molar-refractivity contribution in [3.8, 4) is 11.4 Å². The zero-order valence-corrected chi connectivity index (χ0v) is 13.8. The van der Waals surface area contributed by atoms with Crippen molar-refractivity contribution >= 4 is 21.7 Å². The van der Waals surface area contributed by atoms with Crippen LogP contribution in [0.2, 0.25) is 0 Å². The molecule has 0 fully saturated rings. The van der Waals surface area contributed by atoms with Crippen LogP contribution in [0.3, 0.4) is 0 Å². The Morgan fingerprint density at radius 2 is 2.10 bits per heavy atom. The van der Waals surface area contributed by atoms with E-state index in [1.807, 2.05) is 6.92 Å². The van der Waals surface area contributed by atoms with Crippen LogP contribution in [-0.2, 0) is 11.3 Å². The summed E-state index contributed by atoms with van der Waals surface area (Å²) in [4.78, 5) is 9.00. The molecule has 0 aliphatic rings. The number of benzene rings is 1. The molecule has 4 nitrogen and oxygen atoms in total. The van der Waals surface area contributed by atoms with Crippen molar-refractivity contribution in [2.24, 2.45) is 0 Å². The fourth-order valence-electron chi connectivity index (χ4n) is 1.92. The van der Waals surface area contributed by atoms with E-state index in [1.165, 1.54) is 6.07 Å². The van der Waals surface area contributed by atoms with E-state index in [4.69, 9.17) is 4.74 Å². The molecule has 1 N–H and O–H groups in total. The van der Waals surface area contributed by atoms with Crippen LogP contribution in [-0.4, -0.2) is 23.6 Å². The molecule has 1 aromatic carbocycles. The van der Waals surface area contributed by atoms with Crippen molar-refractivity contribution in [2.75, 3.05) is 19.0 Å². The normalized spacial score (nSPS) is 10.7. The van der Waals surface area contributed by atoms with Crippen molar-refractivity contribution in [1.29, 1.82) is 0 Å². The average molecular weight is 354 g/mol. The highest BCUT2D eigenvalue weighted by molar-refractivity contribution is 9.10. The van der Waals surface area contributed by atoms with Gasteiger partial charge in [0.15, 0.2) is 5.82 Å². The number of rotatable bonds is 5. The van der Waals surface area contributed by atoms with Gasteiger partial charge in [0.1, 0.15) is 11.6 Å². The standard InChI is InChI=1S/C15H17BrFN3O/c1-4-18-15-13(16)12(8-21-3)19-14(20-15)10-5-6-11(17)9(2)7-10/h5-7H,4,8H2,1-3H3,(H,18,19,20). The first-order valence-electron chi connectivity index (χ1n) is 6.62. The average Bonchev–Trinajstić information content (AvgIpc) is 2.46. The highest BCUT2D eigenvalue weighted by Crippen LogP contribution is 2.28. The largest absolute Gasteiger partial charge is 0.378 e. The van der Waals surface area contributed by atoms with Crippen LogP contribution in [0.5, 0.6) is 0 Å². The van der Waals surface area contributed by atoms with Gasteiger partial charge in [-0.1, -0.05) is 0 Å². The minimum atomic E-state index is -0.236. The van der Waals surface area contributed by atoms with Gasteiger partial charge in [0, 0.05) is 19.2 Å². The van der Waals surface area contributed by atoms with Gasteiger partial charge >= 0.3 is 0 Å². The van der Waals surface area contributed by atoms with Gasteiger partial charge in [0.05, 0.1) is 16.8 Å². The fraction of sp³-hybridized carbons (Fsp3) is 0.333. The molecule has 21 heavy (non-hydrogen) atoms. The Bertz CT molecular complexity index is 622. The van der Waals surface area contributed by atoms with Crippen LogP contribution in [0.15, 0.2) is 22.7 Å². The quantitative estimate of drug-likeness (QED) is 0.884. The van der Waals surface area contributed by atoms with E-state index in [0.717, 1.165) is 22.3 Å². The van der Waals surface area contributed by atoms with Crippen LogP contribution in [0.25, 0.3) is 11.4 Å². The number of hydrogen-bond donors (Lipinski definition) is 1. The third-order valence-electron chi connectivity index (χ3n) is 2.96. The maximum absolute atomic E-state index is 13.4.